The monoisotopic (exact) mass is 268 g/mol. The van der Waals surface area contributed by atoms with E-state index < -0.39 is 10.0 Å². The fourth-order valence-corrected chi connectivity index (χ4v) is 4.24. The number of hydrogen-bond acceptors (Lipinski definition) is 3. The summed E-state index contributed by atoms with van der Waals surface area (Å²) >= 11 is 0. The maximum absolute atomic E-state index is 12.6. The lowest BCUT2D eigenvalue weighted by molar-refractivity contribution is 0.420. The topological polar surface area (TPSA) is 63.4 Å². The third-order valence-corrected chi connectivity index (χ3v) is 5.43. The van der Waals surface area contributed by atoms with Gasteiger partial charge in [0.15, 0.2) is 0 Å². The highest BCUT2D eigenvalue weighted by molar-refractivity contribution is 7.89. The van der Waals surface area contributed by atoms with Crippen LogP contribution in [0.1, 0.15) is 32.3 Å². The Kier molecular flexibility index (Phi) is 3.64. The number of aryl methyl sites for hydroxylation is 1. The Hall–Kier alpha value is -1.07. The summed E-state index contributed by atoms with van der Waals surface area (Å²) in [5, 5.41) is 0. The predicted molar refractivity (Wildman–Crippen MR) is 72.8 cm³/mol. The molecule has 1 aliphatic rings. The molecule has 1 saturated carbocycles. The molecule has 1 fully saturated rings. The highest BCUT2D eigenvalue weighted by Gasteiger charge is 2.37. The normalized spacial score (nSPS) is 16.2. The van der Waals surface area contributed by atoms with Crippen LogP contribution in [0, 0.1) is 0 Å². The van der Waals surface area contributed by atoms with Crippen LogP contribution in [0.2, 0.25) is 0 Å². The van der Waals surface area contributed by atoms with Crippen LogP contribution in [0.25, 0.3) is 0 Å². The first-order valence-electron chi connectivity index (χ1n) is 6.41. The van der Waals surface area contributed by atoms with Crippen LogP contribution in [-0.4, -0.2) is 25.3 Å². The molecule has 0 aliphatic heterocycles. The molecule has 2 rings (SSSR count). The van der Waals surface area contributed by atoms with Crippen molar-refractivity contribution in [3.05, 3.63) is 23.8 Å². The Morgan fingerprint density at radius 2 is 2.00 bits per heavy atom. The van der Waals surface area contributed by atoms with Gasteiger partial charge in [-0.05, 0) is 37.0 Å². The van der Waals surface area contributed by atoms with E-state index in [1.807, 2.05) is 19.9 Å². The van der Waals surface area contributed by atoms with Crippen LogP contribution in [0.4, 0.5) is 5.69 Å². The Labute approximate surface area is 109 Å². The number of nitrogen functional groups attached to an aromatic ring is 1. The zero-order valence-electron chi connectivity index (χ0n) is 10.9. The van der Waals surface area contributed by atoms with Crippen LogP contribution in [-0.2, 0) is 16.4 Å². The van der Waals surface area contributed by atoms with Crippen molar-refractivity contribution in [3.63, 3.8) is 0 Å². The second-order valence-corrected chi connectivity index (χ2v) is 6.52. The van der Waals surface area contributed by atoms with E-state index in [9.17, 15) is 8.42 Å². The first-order valence-corrected chi connectivity index (χ1v) is 7.85. The van der Waals surface area contributed by atoms with Gasteiger partial charge in [-0.1, -0.05) is 19.9 Å². The predicted octanol–water partition coefficient (Wildman–Crippen LogP) is 2.00. The highest BCUT2D eigenvalue weighted by atomic mass is 32.2. The molecule has 4 nitrogen and oxygen atoms in total. The molecule has 0 unspecified atom stereocenters. The number of rotatable bonds is 5. The quantitative estimate of drug-likeness (QED) is 0.831. The molecule has 0 spiro atoms. The lowest BCUT2D eigenvalue weighted by atomic mass is 10.1. The van der Waals surface area contributed by atoms with Gasteiger partial charge in [0.05, 0.1) is 4.90 Å². The standard InChI is InChI=1S/C13H20N2O2S/c1-3-10-5-6-11(14)9-13(10)18(16,17)15(4-2)12-7-8-12/h5-6,9,12H,3-4,7-8,14H2,1-2H3. The molecule has 0 heterocycles. The van der Waals surface area contributed by atoms with Gasteiger partial charge in [0.2, 0.25) is 10.0 Å². The minimum Gasteiger partial charge on any atom is -0.399 e. The maximum atomic E-state index is 12.6. The van der Waals surface area contributed by atoms with Crippen LogP contribution >= 0.6 is 0 Å². The Balaban J connectivity index is 2.48. The number of benzene rings is 1. The van der Waals surface area contributed by atoms with Crippen molar-refractivity contribution >= 4 is 15.7 Å². The number of anilines is 1. The second-order valence-electron chi connectivity index (χ2n) is 4.66. The molecule has 0 saturated heterocycles. The van der Waals surface area contributed by atoms with Crippen molar-refractivity contribution < 1.29 is 8.42 Å². The summed E-state index contributed by atoms with van der Waals surface area (Å²) in [6, 6.07) is 5.33. The lowest BCUT2D eigenvalue weighted by Gasteiger charge is -2.21. The van der Waals surface area contributed by atoms with Crippen LogP contribution in [0.3, 0.4) is 0 Å². The molecule has 0 aromatic heterocycles. The van der Waals surface area contributed by atoms with E-state index in [1.165, 1.54) is 0 Å². The Bertz CT molecular complexity index is 536. The summed E-state index contributed by atoms with van der Waals surface area (Å²) in [5.74, 6) is 0. The maximum Gasteiger partial charge on any atom is 0.243 e. The van der Waals surface area contributed by atoms with Gasteiger partial charge >= 0.3 is 0 Å². The average molecular weight is 268 g/mol. The summed E-state index contributed by atoms with van der Waals surface area (Å²) < 4.78 is 26.9. The lowest BCUT2D eigenvalue weighted by Crippen LogP contribution is -2.33. The molecule has 5 heteroatoms. The van der Waals surface area contributed by atoms with Crippen molar-refractivity contribution in [3.8, 4) is 0 Å². The molecule has 0 bridgehead atoms. The largest absolute Gasteiger partial charge is 0.399 e. The SMILES string of the molecule is CCc1ccc(N)cc1S(=O)(=O)N(CC)C1CC1. The smallest absolute Gasteiger partial charge is 0.243 e. The van der Waals surface area contributed by atoms with Gasteiger partial charge in [0.25, 0.3) is 0 Å². The van der Waals surface area contributed by atoms with Crippen molar-refractivity contribution in [1.29, 1.82) is 0 Å². The molecular weight excluding hydrogens is 248 g/mol. The van der Waals surface area contributed by atoms with E-state index in [-0.39, 0.29) is 6.04 Å². The summed E-state index contributed by atoms with van der Waals surface area (Å²) in [7, 11) is -3.40. The van der Waals surface area contributed by atoms with Gasteiger partial charge in [-0.3, -0.25) is 0 Å². The van der Waals surface area contributed by atoms with Gasteiger partial charge in [0.1, 0.15) is 0 Å². The summed E-state index contributed by atoms with van der Waals surface area (Å²) in [6.07, 6.45) is 2.63. The van der Waals surface area contributed by atoms with E-state index >= 15 is 0 Å². The van der Waals surface area contributed by atoms with Crippen molar-refractivity contribution in [2.75, 3.05) is 12.3 Å². The van der Waals surface area contributed by atoms with Crippen LogP contribution in [0.5, 0.6) is 0 Å². The van der Waals surface area contributed by atoms with Crippen molar-refractivity contribution in [1.82, 2.24) is 4.31 Å². The minimum absolute atomic E-state index is 0.186. The van der Waals surface area contributed by atoms with Gasteiger partial charge in [0, 0.05) is 18.3 Å². The van der Waals surface area contributed by atoms with Crippen molar-refractivity contribution in [2.24, 2.45) is 0 Å². The molecule has 0 atom stereocenters. The molecule has 0 radical (unpaired) electrons. The molecule has 1 aromatic rings. The molecular formula is C13H20N2O2S. The summed E-state index contributed by atoms with van der Waals surface area (Å²) in [6.45, 7) is 4.36. The summed E-state index contributed by atoms with van der Waals surface area (Å²) in [5.41, 5.74) is 7.06. The Morgan fingerprint density at radius 1 is 1.33 bits per heavy atom. The molecule has 1 aliphatic carbocycles. The first kappa shape index (κ1) is 13.4. The third-order valence-electron chi connectivity index (χ3n) is 3.32. The third kappa shape index (κ3) is 2.37. The Morgan fingerprint density at radius 3 is 2.50 bits per heavy atom. The minimum atomic E-state index is -3.40. The van der Waals surface area contributed by atoms with Gasteiger partial charge in [-0.25, -0.2) is 8.42 Å². The van der Waals surface area contributed by atoms with Gasteiger partial charge in [-0.2, -0.15) is 4.31 Å². The fraction of sp³-hybridized carbons (Fsp3) is 0.538. The molecule has 100 valence electrons. The van der Waals surface area contributed by atoms with E-state index in [0.29, 0.717) is 23.5 Å². The zero-order valence-corrected chi connectivity index (χ0v) is 11.7. The van der Waals surface area contributed by atoms with Gasteiger partial charge < -0.3 is 5.73 Å². The number of nitrogens with two attached hydrogens (primary N) is 1. The fourth-order valence-electron chi connectivity index (χ4n) is 2.22. The number of hydrogen-bond donors (Lipinski definition) is 1. The molecule has 2 N–H and O–H groups in total. The first-order chi connectivity index (χ1) is 8.50. The highest BCUT2D eigenvalue weighted by Crippen LogP contribution is 2.33. The summed E-state index contributed by atoms with van der Waals surface area (Å²) in [4.78, 5) is 0.374. The second kappa shape index (κ2) is 4.90. The molecule has 18 heavy (non-hydrogen) atoms. The zero-order chi connectivity index (χ0) is 13.3. The van der Waals surface area contributed by atoms with Crippen LogP contribution in [0.15, 0.2) is 23.1 Å². The molecule has 0 amide bonds. The molecule has 1 aromatic carbocycles. The van der Waals surface area contributed by atoms with Gasteiger partial charge in [-0.15, -0.1) is 0 Å². The van der Waals surface area contributed by atoms with Crippen molar-refractivity contribution in [2.45, 2.75) is 44.0 Å². The average Bonchev–Trinajstić information content (AvgIpc) is 3.14. The van der Waals surface area contributed by atoms with E-state index in [2.05, 4.69) is 0 Å². The number of nitrogens with zero attached hydrogens (tertiary/aromatic N) is 1. The number of sulfonamides is 1. The van der Waals surface area contributed by atoms with E-state index in [4.69, 9.17) is 5.73 Å². The van der Waals surface area contributed by atoms with E-state index in [0.717, 1.165) is 18.4 Å². The van der Waals surface area contributed by atoms with E-state index in [1.54, 1.807) is 16.4 Å². The van der Waals surface area contributed by atoms with Crippen LogP contribution < -0.4 is 5.73 Å².